The second-order valence-electron chi connectivity index (χ2n) is 8.17. The van der Waals surface area contributed by atoms with Crippen LogP contribution in [0.2, 0.25) is 0 Å². The van der Waals surface area contributed by atoms with Gasteiger partial charge in [-0.25, -0.2) is 27.8 Å². The van der Waals surface area contributed by atoms with E-state index in [2.05, 4.69) is 53.7 Å². The highest BCUT2D eigenvalue weighted by Gasteiger charge is 2.31. The van der Waals surface area contributed by atoms with Crippen molar-refractivity contribution in [3.05, 3.63) is 24.6 Å². The fraction of sp³-hybridized carbons (Fsp3) is 0.727. The lowest BCUT2D eigenvalue weighted by Gasteiger charge is -2.31. The number of nitrogens with zero attached hydrogens (tertiary/aromatic N) is 2. The minimum atomic E-state index is -4.92. The zero-order valence-corrected chi connectivity index (χ0v) is 22.9. The van der Waals surface area contributed by atoms with E-state index in [1.54, 1.807) is 0 Å². The van der Waals surface area contributed by atoms with E-state index < -0.39 is 10.4 Å². The number of carbonyl (C=O) groups is 2. The van der Waals surface area contributed by atoms with Crippen molar-refractivity contribution in [3.8, 4) is 0 Å². The van der Waals surface area contributed by atoms with Crippen LogP contribution in [0, 0.1) is 0 Å². The van der Waals surface area contributed by atoms with Crippen molar-refractivity contribution in [2.24, 2.45) is 0 Å². The first-order chi connectivity index (χ1) is 15.4. The molecule has 2 rings (SSSR count). The van der Waals surface area contributed by atoms with Gasteiger partial charge in [-0.15, -0.1) is 0 Å². The van der Waals surface area contributed by atoms with Crippen LogP contribution < -0.4 is 22.2 Å². The number of halogens is 1. The predicted molar refractivity (Wildman–Crippen MR) is 127 cm³/mol. The topological polar surface area (TPSA) is 127 Å². The Morgan fingerprint density at radius 1 is 0.824 bits per heavy atom. The van der Waals surface area contributed by atoms with Crippen molar-refractivity contribution in [2.75, 3.05) is 26.2 Å². The first-order valence-corrected chi connectivity index (χ1v) is 13.2. The van der Waals surface area contributed by atoms with Gasteiger partial charge in [0.25, 0.3) is 0 Å². The van der Waals surface area contributed by atoms with Crippen molar-refractivity contribution in [1.29, 1.82) is 0 Å². The average molecular weight is 527 g/mol. The number of carbonyl (C=O) groups excluding carboxylic acids is 2. The highest BCUT2D eigenvalue weighted by Crippen LogP contribution is 2.05. The SMILES string of the molecule is CCCN1C(=O)[NH+](CCC)C=CC1C.CCCN1C(=O)[NH+](CCC)C=CC1C.O=S(=O)([O-])O.[Cl-]. The maximum atomic E-state index is 12.0. The molecule has 34 heavy (non-hydrogen) atoms. The van der Waals surface area contributed by atoms with Crippen molar-refractivity contribution in [2.45, 2.75) is 79.3 Å². The Morgan fingerprint density at radius 3 is 1.35 bits per heavy atom. The number of rotatable bonds is 8. The Bertz CT molecular complexity index is 706. The Balaban J connectivity index is 0. The minimum absolute atomic E-state index is 0. The van der Waals surface area contributed by atoms with Gasteiger partial charge in [0.1, 0.15) is 12.4 Å². The monoisotopic (exact) mass is 526 g/mol. The number of hydrogen-bond acceptors (Lipinski definition) is 5. The van der Waals surface area contributed by atoms with E-state index in [-0.39, 0.29) is 36.6 Å². The summed E-state index contributed by atoms with van der Waals surface area (Å²) in [6.07, 6.45) is 12.4. The van der Waals surface area contributed by atoms with E-state index in [1.807, 2.05) is 22.2 Å². The molecule has 2 aliphatic rings. The number of urea groups is 2. The number of quaternary nitrogens is 2. The fourth-order valence-electron chi connectivity index (χ4n) is 3.61. The van der Waals surface area contributed by atoms with Crippen LogP contribution in [0.4, 0.5) is 9.59 Å². The van der Waals surface area contributed by atoms with Gasteiger partial charge >= 0.3 is 12.1 Å². The molecule has 0 saturated heterocycles. The molecule has 0 aromatic carbocycles. The molecule has 4 atom stereocenters. The average Bonchev–Trinajstić information content (AvgIpc) is 2.72. The summed E-state index contributed by atoms with van der Waals surface area (Å²) in [5, 5.41) is 0. The van der Waals surface area contributed by atoms with Crippen LogP contribution in [0.1, 0.15) is 67.2 Å². The van der Waals surface area contributed by atoms with Crippen LogP contribution in [0.15, 0.2) is 24.6 Å². The largest absolute Gasteiger partial charge is 1.00 e. The lowest BCUT2D eigenvalue weighted by atomic mass is 10.2. The third-order valence-electron chi connectivity index (χ3n) is 5.17. The van der Waals surface area contributed by atoms with Gasteiger partial charge in [-0.2, -0.15) is 0 Å². The van der Waals surface area contributed by atoms with E-state index in [0.29, 0.717) is 0 Å². The molecule has 4 unspecified atom stereocenters. The molecule has 2 aliphatic heterocycles. The van der Waals surface area contributed by atoms with E-state index in [4.69, 9.17) is 17.5 Å². The van der Waals surface area contributed by atoms with Crippen LogP contribution in [-0.4, -0.2) is 77.6 Å². The van der Waals surface area contributed by atoms with Gasteiger partial charge in [0.15, 0.2) is 0 Å². The number of amides is 4. The van der Waals surface area contributed by atoms with Gasteiger partial charge in [0.2, 0.25) is 10.4 Å². The summed E-state index contributed by atoms with van der Waals surface area (Å²) in [6, 6.07) is 1.01. The molecule has 12 heteroatoms. The first-order valence-electron chi connectivity index (χ1n) is 11.8. The van der Waals surface area contributed by atoms with E-state index >= 15 is 0 Å². The number of hydrogen-bond donors (Lipinski definition) is 3. The van der Waals surface area contributed by atoms with Gasteiger partial charge < -0.3 is 17.0 Å². The third kappa shape index (κ3) is 13.4. The molecule has 10 nitrogen and oxygen atoms in total. The molecular formula is C22H43ClN4O6S. The highest BCUT2D eigenvalue weighted by atomic mass is 35.5. The molecule has 4 amide bonds. The van der Waals surface area contributed by atoms with E-state index in [0.717, 1.165) is 61.7 Å². The molecule has 0 bridgehead atoms. The normalized spacial score (nSPS) is 24.0. The third-order valence-corrected chi connectivity index (χ3v) is 5.17. The standard InChI is InChI=1S/2C11H20N2O.ClH.H2O4S/c2*1-4-7-12-9-6-10(3)13(8-5-2)11(12)14;;1-5(2,3)4/h2*6,9-10H,4-5,7-8H2,1-3H3;1H;(H2,1,2,3,4). The van der Waals surface area contributed by atoms with Gasteiger partial charge in [-0.05, 0) is 51.7 Å². The molecule has 0 fully saturated rings. The molecule has 3 N–H and O–H groups in total. The maximum Gasteiger partial charge on any atom is 0.422 e. The van der Waals surface area contributed by atoms with Crippen LogP contribution in [-0.2, 0) is 10.4 Å². The van der Waals surface area contributed by atoms with Crippen LogP contribution in [0.3, 0.4) is 0 Å². The molecule has 200 valence electrons. The highest BCUT2D eigenvalue weighted by molar-refractivity contribution is 7.79. The van der Waals surface area contributed by atoms with E-state index in [9.17, 15) is 9.59 Å². The fourth-order valence-corrected chi connectivity index (χ4v) is 3.61. The lowest BCUT2D eigenvalue weighted by molar-refractivity contribution is -0.765. The molecule has 0 radical (unpaired) electrons. The predicted octanol–water partition coefficient (Wildman–Crippen LogP) is -1.93. The Hall–Kier alpha value is -1.50. The second kappa shape index (κ2) is 17.9. The molecule has 2 heterocycles. The maximum absolute atomic E-state index is 12.0. The summed E-state index contributed by atoms with van der Waals surface area (Å²) in [5.74, 6) is 0. The Kier molecular flexibility index (Phi) is 18.2. The smallest absolute Gasteiger partial charge is 0.422 e. The zero-order chi connectivity index (χ0) is 25.6. The summed E-state index contributed by atoms with van der Waals surface area (Å²) in [7, 11) is -4.92. The lowest BCUT2D eigenvalue weighted by Crippen LogP contribution is -3.13. The summed E-state index contributed by atoms with van der Waals surface area (Å²) >= 11 is 0. The molecular weight excluding hydrogens is 484 g/mol. The molecule has 0 aliphatic carbocycles. The molecule has 0 spiro atoms. The number of nitrogens with one attached hydrogen (secondary N) is 2. The first kappa shape index (κ1) is 34.7. The summed E-state index contributed by atoms with van der Waals surface area (Å²) < 4.78 is 32.8. The van der Waals surface area contributed by atoms with Gasteiger partial charge in [-0.1, -0.05) is 27.7 Å². The summed E-state index contributed by atoms with van der Waals surface area (Å²) in [6.45, 7) is 16.1. The van der Waals surface area contributed by atoms with Crippen LogP contribution in [0.25, 0.3) is 0 Å². The van der Waals surface area contributed by atoms with Gasteiger partial charge in [-0.3, -0.25) is 14.4 Å². The van der Waals surface area contributed by atoms with Crippen molar-refractivity contribution in [3.63, 3.8) is 0 Å². The molecule has 0 aromatic heterocycles. The van der Waals surface area contributed by atoms with Crippen molar-refractivity contribution in [1.82, 2.24) is 9.80 Å². The quantitative estimate of drug-likeness (QED) is 0.250. The van der Waals surface area contributed by atoms with Gasteiger partial charge in [0.05, 0.1) is 25.2 Å². The van der Waals surface area contributed by atoms with Crippen LogP contribution in [0.5, 0.6) is 0 Å². The van der Waals surface area contributed by atoms with Crippen molar-refractivity contribution >= 4 is 22.5 Å². The Morgan fingerprint density at radius 2 is 1.12 bits per heavy atom. The van der Waals surface area contributed by atoms with Crippen molar-refractivity contribution < 1.29 is 49.3 Å². The zero-order valence-electron chi connectivity index (χ0n) is 21.3. The van der Waals surface area contributed by atoms with Gasteiger partial charge in [0, 0.05) is 13.1 Å². The van der Waals surface area contributed by atoms with Crippen LogP contribution >= 0.6 is 0 Å². The Labute approximate surface area is 211 Å². The molecule has 0 aromatic rings. The van der Waals surface area contributed by atoms with E-state index in [1.165, 1.54) is 0 Å². The summed E-state index contributed by atoms with van der Waals surface area (Å²) in [4.78, 5) is 29.8. The second-order valence-corrected chi connectivity index (χ2v) is 9.03. The summed E-state index contributed by atoms with van der Waals surface area (Å²) in [5.41, 5.74) is 0. The minimum Gasteiger partial charge on any atom is -1.00 e. The molecule has 0 saturated carbocycles.